The van der Waals surface area contributed by atoms with Crippen molar-refractivity contribution < 1.29 is 24.6 Å². The average molecular weight is 446 g/mol. The summed E-state index contributed by atoms with van der Waals surface area (Å²) in [5.74, 6) is -2.71. The number of unbranched alkanes of at least 4 members (excludes halogenated alkanes) is 11. The minimum absolute atomic E-state index is 0.166. The van der Waals surface area contributed by atoms with E-state index in [0.717, 1.165) is 38.2 Å². The molecule has 0 heterocycles. The molecule has 1 aromatic rings. The molecule has 3 N–H and O–H groups in total. The number of carboxylic acid groups (broad SMARTS) is 2. The second-order valence-corrected chi connectivity index (χ2v) is 8.29. The Bertz CT molecular complexity index is 709. The number of hydrogen-bond donors (Lipinski definition) is 3. The van der Waals surface area contributed by atoms with E-state index in [4.69, 9.17) is 10.2 Å². The number of carbonyl (C=O) groups excluding carboxylic acids is 1. The maximum Gasteiger partial charge on any atom is 0.335 e. The fourth-order valence-electron chi connectivity index (χ4n) is 3.53. The molecule has 1 rings (SSSR count). The van der Waals surface area contributed by atoms with Crippen molar-refractivity contribution in [3.05, 3.63) is 41.5 Å². The van der Waals surface area contributed by atoms with Crippen LogP contribution in [0.15, 0.2) is 30.4 Å². The third-order valence-electron chi connectivity index (χ3n) is 5.38. The summed E-state index contributed by atoms with van der Waals surface area (Å²) in [6.07, 6.45) is 20.3. The van der Waals surface area contributed by atoms with E-state index in [-0.39, 0.29) is 22.7 Å². The predicted molar refractivity (Wildman–Crippen MR) is 128 cm³/mol. The summed E-state index contributed by atoms with van der Waals surface area (Å²) < 4.78 is 0. The van der Waals surface area contributed by atoms with E-state index in [2.05, 4.69) is 24.4 Å². The zero-order chi connectivity index (χ0) is 23.6. The number of rotatable bonds is 18. The molecule has 32 heavy (non-hydrogen) atoms. The third kappa shape index (κ3) is 12.9. The first-order chi connectivity index (χ1) is 15.4. The van der Waals surface area contributed by atoms with Crippen molar-refractivity contribution in [3.63, 3.8) is 0 Å². The number of aromatic carboxylic acids is 2. The molecule has 0 radical (unpaired) electrons. The number of anilines is 1. The molecule has 6 nitrogen and oxygen atoms in total. The van der Waals surface area contributed by atoms with E-state index < -0.39 is 11.9 Å². The normalized spacial score (nSPS) is 11.0. The minimum atomic E-state index is -1.24. The SMILES string of the molecule is CCCCCCCC/C=C\CCCCCCCC(=O)Nc1cc(C(=O)O)cc(C(=O)O)c1. The van der Waals surface area contributed by atoms with Crippen molar-refractivity contribution in [2.24, 2.45) is 0 Å². The average Bonchev–Trinajstić information content (AvgIpc) is 2.76. The molecule has 1 aromatic carbocycles. The van der Waals surface area contributed by atoms with Crippen LogP contribution in [0, 0.1) is 0 Å². The van der Waals surface area contributed by atoms with Crippen molar-refractivity contribution in [3.8, 4) is 0 Å². The molecule has 0 saturated heterocycles. The maximum atomic E-state index is 12.1. The van der Waals surface area contributed by atoms with Gasteiger partial charge in [-0.05, 0) is 50.3 Å². The molecule has 0 atom stereocenters. The van der Waals surface area contributed by atoms with Gasteiger partial charge in [-0.1, -0.05) is 70.4 Å². The van der Waals surface area contributed by atoms with Crippen LogP contribution in [0.3, 0.4) is 0 Å². The molecule has 0 aliphatic rings. The summed E-state index contributed by atoms with van der Waals surface area (Å²) >= 11 is 0. The molecule has 0 aromatic heterocycles. The Morgan fingerprint density at radius 2 is 1.19 bits per heavy atom. The lowest BCUT2D eigenvalue weighted by Crippen LogP contribution is -2.13. The molecule has 0 spiro atoms. The van der Waals surface area contributed by atoms with Crippen molar-refractivity contribution in [2.75, 3.05) is 5.32 Å². The van der Waals surface area contributed by atoms with Gasteiger partial charge >= 0.3 is 11.9 Å². The van der Waals surface area contributed by atoms with E-state index >= 15 is 0 Å². The van der Waals surface area contributed by atoms with E-state index in [1.165, 1.54) is 63.5 Å². The van der Waals surface area contributed by atoms with Crippen LogP contribution < -0.4 is 5.32 Å². The van der Waals surface area contributed by atoms with Gasteiger partial charge in [0.05, 0.1) is 11.1 Å². The zero-order valence-corrected chi connectivity index (χ0v) is 19.4. The summed E-state index contributed by atoms with van der Waals surface area (Å²) in [5, 5.41) is 20.8. The van der Waals surface area contributed by atoms with Crippen molar-refractivity contribution in [1.82, 2.24) is 0 Å². The fraction of sp³-hybridized carbons (Fsp3) is 0.577. The molecule has 0 fully saturated rings. The highest BCUT2D eigenvalue weighted by molar-refractivity contribution is 5.98. The zero-order valence-electron chi connectivity index (χ0n) is 19.4. The van der Waals surface area contributed by atoms with Crippen molar-refractivity contribution in [2.45, 2.75) is 96.8 Å². The standard InChI is InChI=1S/C26H39NO5/c1-2-3-4-5-6-7-8-9-10-11-12-13-14-15-16-17-24(28)27-23-19-21(25(29)30)18-22(20-23)26(31)32/h9-10,18-20H,2-8,11-17H2,1H3,(H,27,28)(H,29,30)(H,31,32)/b10-9-. The number of carbonyl (C=O) groups is 3. The highest BCUT2D eigenvalue weighted by Crippen LogP contribution is 2.17. The van der Waals surface area contributed by atoms with Crippen LogP contribution in [-0.4, -0.2) is 28.1 Å². The van der Waals surface area contributed by atoms with Crippen LogP contribution in [0.1, 0.15) is 118 Å². The summed E-state index contributed by atoms with van der Waals surface area (Å²) in [7, 11) is 0. The second kappa shape index (κ2) is 17.0. The molecule has 178 valence electrons. The van der Waals surface area contributed by atoms with E-state index in [1.807, 2.05) is 0 Å². The molecule has 6 heteroatoms. The number of amides is 1. The Hall–Kier alpha value is -2.63. The highest BCUT2D eigenvalue weighted by atomic mass is 16.4. The Labute approximate surface area is 192 Å². The van der Waals surface area contributed by atoms with Gasteiger partial charge in [-0.15, -0.1) is 0 Å². The summed E-state index contributed by atoms with van der Waals surface area (Å²) in [5.41, 5.74) is -0.137. The Kier molecular flexibility index (Phi) is 14.5. The van der Waals surface area contributed by atoms with Crippen LogP contribution in [-0.2, 0) is 4.79 Å². The van der Waals surface area contributed by atoms with Gasteiger partial charge in [0.15, 0.2) is 0 Å². The van der Waals surface area contributed by atoms with E-state index in [9.17, 15) is 14.4 Å². The molecule has 0 saturated carbocycles. The lowest BCUT2D eigenvalue weighted by atomic mass is 10.1. The number of allylic oxidation sites excluding steroid dienone is 2. The molecule has 0 unspecified atom stereocenters. The van der Waals surface area contributed by atoms with Gasteiger partial charge in [0, 0.05) is 12.1 Å². The minimum Gasteiger partial charge on any atom is -0.478 e. The Balaban J connectivity index is 2.11. The molecular formula is C26H39NO5. The van der Waals surface area contributed by atoms with Gasteiger partial charge < -0.3 is 15.5 Å². The van der Waals surface area contributed by atoms with Crippen LogP contribution >= 0.6 is 0 Å². The van der Waals surface area contributed by atoms with Gasteiger partial charge in [0.25, 0.3) is 0 Å². The van der Waals surface area contributed by atoms with Crippen molar-refractivity contribution in [1.29, 1.82) is 0 Å². The van der Waals surface area contributed by atoms with Gasteiger partial charge in [-0.3, -0.25) is 4.79 Å². The smallest absolute Gasteiger partial charge is 0.335 e. The monoisotopic (exact) mass is 445 g/mol. The summed E-state index contributed by atoms with van der Waals surface area (Å²) in [4.78, 5) is 34.4. The van der Waals surface area contributed by atoms with Crippen LogP contribution in [0.25, 0.3) is 0 Å². The lowest BCUT2D eigenvalue weighted by Gasteiger charge is -2.08. The fourth-order valence-corrected chi connectivity index (χ4v) is 3.53. The largest absolute Gasteiger partial charge is 0.478 e. The quantitative estimate of drug-likeness (QED) is 0.166. The molecule has 0 aliphatic carbocycles. The first-order valence-electron chi connectivity index (χ1n) is 12.0. The Morgan fingerprint density at radius 3 is 1.69 bits per heavy atom. The van der Waals surface area contributed by atoms with Crippen LogP contribution in [0.5, 0.6) is 0 Å². The molecule has 1 amide bonds. The van der Waals surface area contributed by atoms with Crippen LogP contribution in [0.2, 0.25) is 0 Å². The lowest BCUT2D eigenvalue weighted by molar-refractivity contribution is -0.116. The van der Waals surface area contributed by atoms with Gasteiger partial charge in [-0.2, -0.15) is 0 Å². The first kappa shape index (κ1) is 27.4. The van der Waals surface area contributed by atoms with Gasteiger partial charge in [0.1, 0.15) is 0 Å². The Morgan fingerprint density at radius 1 is 0.719 bits per heavy atom. The number of hydrogen-bond acceptors (Lipinski definition) is 3. The van der Waals surface area contributed by atoms with Crippen molar-refractivity contribution >= 4 is 23.5 Å². The molecular weight excluding hydrogens is 406 g/mol. The summed E-state index contributed by atoms with van der Waals surface area (Å²) in [6, 6.07) is 3.61. The highest BCUT2D eigenvalue weighted by Gasteiger charge is 2.12. The van der Waals surface area contributed by atoms with Crippen LogP contribution in [0.4, 0.5) is 5.69 Å². The van der Waals surface area contributed by atoms with Gasteiger partial charge in [0.2, 0.25) is 5.91 Å². The molecule has 0 aliphatic heterocycles. The predicted octanol–water partition coefficient (Wildman–Crippen LogP) is 7.06. The number of benzene rings is 1. The summed E-state index contributed by atoms with van der Waals surface area (Å²) in [6.45, 7) is 2.24. The van der Waals surface area contributed by atoms with E-state index in [1.54, 1.807) is 0 Å². The second-order valence-electron chi connectivity index (χ2n) is 8.29. The number of carboxylic acids is 2. The topological polar surface area (TPSA) is 104 Å². The first-order valence-corrected chi connectivity index (χ1v) is 12.0. The third-order valence-corrected chi connectivity index (χ3v) is 5.38. The number of nitrogens with one attached hydrogen (secondary N) is 1. The molecule has 0 bridgehead atoms. The van der Waals surface area contributed by atoms with E-state index in [0.29, 0.717) is 6.42 Å². The van der Waals surface area contributed by atoms with Gasteiger partial charge in [-0.25, -0.2) is 9.59 Å². The maximum absolute atomic E-state index is 12.1.